The average molecular weight is 348 g/mol. The summed E-state index contributed by atoms with van der Waals surface area (Å²) < 4.78 is 0. The monoisotopic (exact) mass is 347 g/mol. The number of halogens is 1. The molecule has 3 aromatic rings. The highest BCUT2D eigenvalue weighted by Gasteiger charge is 2.14. The van der Waals surface area contributed by atoms with Gasteiger partial charge in [0, 0.05) is 6.07 Å². The molecule has 0 amide bonds. The minimum atomic E-state index is -0.0276. The lowest BCUT2D eigenvalue weighted by molar-refractivity contribution is 0.447. The number of benzene rings is 2. The molecule has 0 aliphatic heterocycles. The smallest absolute Gasteiger partial charge is 0.210 e. The molecule has 1 heterocycles. The Labute approximate surface area is 142 Å². The Morgan fingerprint density at radius 3 is 2.65 bits per heavy atom. The fourth-order valence-electron chi connectivity index (χ4n) is 2.14. The van der Waals surface area contributed by atoms with E-state index in [2.05, 4.69) is 15.5 Å². The Hall–Kier alpha value is -2.31. The van der Waals surface area contributed by atoms with Gasteiger partial charge < -0.3 is 15.5 Å². The number of rotatable bonds is 4. The molecule has 3 rings (SSSR count). The molecular weight excluding hydrogens is 334 g/mol. The Bertz CT molecular complexity index is 851. The largest absolute Gasteiger partial charge is 0.508 e. The van der Waals surface area contributed by atoms with Crippen LogP contribution in [0.2, 0.25) is 5.02 Å². The predicted octanol–water partition coefficient (Wildman–Crippen LogP) is 4.58. The zero-order chi connectivity index (χ0) is 16.4. The molecule has 118 valence electrons. The highest BCUT2D eigenvalue weighted by atomic mass is 35.5. The number of phenolic OH excluding ortho intramolecular Hbond substituents is 2. The predicted molar refractivity (Wildman–Crippen MR) is 92.8 cm³/mol. The van der Waals surface area contributed by atoms with Crippen molar-refractivity contribution < 1.29 is 10.2 Å². The van der Waals surface area contributed by atoms with Gasteiger partial charge in [0.05, 0.1) is 16.3 Å². The van der Waals surface area contributed by atoms with Gasteiger partial charge in [-0.1, -0.05) is 42.0 Å². The second kappa shape index (κ2) is 6.44. The summed E-state index contributed by atoms with van der Waals surface area (Å²) in [6.45, 7) is 1.93. The van der Waals surface area contributed by atoms with Gasteiger partial charge in [0.15, 0.2) is 5.01 Å². The zero-order valence-corrected chi connectivity index (χ0v) is 13.8. The van der Waals surface area contributed by atoms with E-state index in [0.29, 0.717) is 27.1 Å². The first-order valence-electron chi connectivity index (χ1n) is 6.98. The number of hydrogen-bond acceptors (Lipinski definition) is 6. The van der Waals surface area contributed by atoms with Crippen molar-refractivity contribution in [3.63, 3.8) is 0 Å². The van der Waals surface area contributed by atoms with Gasteiger partial charge in [0.1, 0.15) is 11.5 Å². The van der Waals surface area contributed by atoms with Gasteiger partial charge in [-0.25, -0.2) is 0 Å². The molecule has 0 bridgehead atoms. The summed E-state index contributed by atoms with van der Waals surface area (Å²) in [6.07, 6.45) is 0.655. The van der Waals surface area contributed by atoms with E-state index < -0.39 is 0 Å². The van der Waals surface area contributed by atoms with E-state index in [4.69, 9.17) is 11.6 Å². The quantitative estimate of drug-likeness (QED) is 0.644. The summed E-state index contributed by atoms with van der Waals surface area (Å²) in [5.74, 6) is 0.0489. The fraction of sp³-hybridized carbons (Fsp3) is 0.125. The summed E-state index contributed by atoms with van der Waals surface area (Å²) >= 11 is 7.40. The highest BCUT2D eigenvalue weighted by Crippen LogP contribution is 2.38. The minimum Gasteiger partial charge on any atom is -0.508 e. The molecule has 1 aromatic heterocycles. The standard InChI is InChI=1S/C16H14ClN3O2S/c1-2-9-7-10(14(22)8-13(9)21)15-19-20-16(23-15)18-12-6-4-3-5-11(12)17/h3-8,21-22H,2H2,1H3,(H,18,20). The van der Waals surface area contributed by atoms with E-state index in [-0.39, 0.29) is 11.5 Å². The topological polar surface area (TPSA) is 78.3 Å². The maximum Gasteiger partial charge on any atom is 0.210 e. The molecule has 5 nitrogen and oxygen atoms in total. The van der Waals surface area contributed by atoms with Crippen LogP contribution in [0.3, 0.4) is 0 Å². The van der Waals surface area contributed by atoms with Crippen LogP contribution >= 0.6 is 22.9 Å². The van der Waals surface area contributed by atoms with Crippen LogP contribution in [-0.4, -0.2) is 20.4 Å². The lowest BCUT2D eigenvalue weighted by atomic mass is 10.1. The van der Waals surface area contributed by atoms with E-state index in [1.165, 1.54) is 17.4 Å². The zero-order valence-electron chi connectivity index (χ0n) is 12.2. The van der Waals surface area contributed by atoms with Crippen LogP contribution in [0.4, 0.5) is 10.8 Å². The van der Waals surface area contributed by atoms with Crippen molar-refractivity contribution in [1.29, 1.82) is 0 Å². The van der Waals surface area contributed by atoms with Gasteiger partial charge in [-0.05, 0) is 30.2 Å². The molecule has 0 unspecified atom stereocenters. The molecule has 0 radical (unpaired) electrons. The number of nitrogens with one attached hydrogen (secondary N) is 1. The van der Waals surface area contributed by atoms with Crippen molar-refractivity contribution in [3.8, 4) is 22.1 Å². The number of para-hydroxylation sites is 1. The van der Waals surface area contributed by atoms with E-state index in [1.807, 2.05) is 25.1 Å². The second-order valence-electron chi connectivity index (χ2n) is 4.87. The SMILES string of the molecule is CCc1cc(-c2nnc(Nc3ccccc3Cl)s2)c(O)cc1O. The molecule has 2 aromatic carbocycles. The molecule has 0 aliphatic carbocycles. The Kier molecular flexibility index (Phi) is 4.36. The van der Waals surface area contributed by atoms with Crippen molar-refractivity contribution >= 4 is 33.8 Å². The van der Waals surface area contributed by atoms with Gasteiger partial charge in [-0.15, -0.1) is 10.2 Å². The van der Waals surface area contributed by atoms with Gasteiger partial charge >= 0.3 is 0 Å². The Morgan fingerprint density at radius 1 is 1.13 bits per heavy atom. The molecule has 0 spiro atoms. The minimum absolute atomic E-state index is 0.0276. The van der Waals surface area contributed by atoms with Crippen LogP contribution in [0, 0.1) is 0 Å². The van der Waals surface area contributed by atoms with Gasteiger partial charge in [0.2, 0.25) is 5.13 Å². The van der Waals surface area contributed by atoms with Gasteiger partial charge in [0.25, 0.3) is 0 Å². The van der Waals surface area contributed by atoms with Crippen LogP contribution in [-0.2, 0) is 6.42 Å². The first-order valence-corrected chi connectivity index (χ1v) is 8.18. The normalized spacial score (nSPS) is 10.7. The van der Waals surface area contributed by atoms with E-state index in [9.17, 15) is 10.2 Å². The van der Waals surface area contributed by atoms with Crippen molar-refractivity contribution in [1.82, 2.24) is 10.2 Å². The molecule has 3 N–H and O–H groups in total. The average Bonchev–Trinajstić information content (AvgIpc) is 2.98. The van der Waals surface area contributed by atoms with Crippen LogP contribution < -0.4 is 5.32 Å². The molecule has 7 heteroatoms. The maximum absolute atomic E-state index is 10.0. The number of aromatic nitrogens is 2. The highest BCUT2D eigenvalue weighted by molar-refractivity contribution is 7.18. The molecule has 23 heavy (non-hydrogen) atoms. The van der Waals surface area contributed by atoms with Crippen molar-refractivity contribution in [2.45, 2.75) is 13.3 Å². The number of anilines is 2. The lowest BCUT2D eigenvalue weighted by Gasteiger charge is -2.06. The van der Waals surface area contributed by atoms with E-state index in [0.717, 1.165) is 11.3 Å². The summed E-state index contributed by atoms with van der Waals surface area (Å²) in [4.78, 5) is 0. The summed E-state index contributed by atoms with van der Waals surface area (Å²) in [5.41, 5.74) is 2.03. The third-order valence-electron chi connectivity index (χ3n) is 3.35. The number of aromatic hydroxyl groups is 2. The van der Waals surface area contributed by atoms with Crippen molar-refractivity contribution in [2.24, 2.45) is 0 Å². The first-order chi connectivity index (χ1) is 11.1. The first kappa shape index (κ1) is 15.6. The third-order valence-corrected chi connectivity index (χ3v) is 4.55. The molecule has 0 atom stereocenters. The van der Waals surface area contributed by atoms with Crippen LogP contribution in [0.1, 0.15) is 12.5 Å². The molecule has 0 fully saturated rings. The van der Waals surface area contributed by atoms with E-state index in [1.54, 1.807) is 12.1 Å². The summed E-state index contributed by atoms with van der Waals surface area (Å²) in [7, 11) is 0. The van der Waals surface area contributed by atoms with Crippen molar-refractivity contribution in [3.05, 3.63) is 47.0 Å². The van der Waals surface area contributed by atoms with E-state index >= 15 is 0 Å². The third kappa shape index (κ3) is 3.23. The lowest BCUT2D eigenvalue weighted by Crippen LogP contribution is -1.89. The van der Waals surface area contributed by atoms with Crippen LogP contribution in [0.5, 0.6) is 11.5 Å². The van der Waals surface area contributed by atoms with Crippen LogP contribution in [0.15, 0.2) is 36.4 Å². The second-order valence-corrected chi connectivity index (χ2v) is 6.25. The Morgan fingerprint density at radius 2 is 1.91 bits per heavy atom. The maximum atomic E-state index is 10.0. The molecule has 0 saturated heterocycles. The number of hydrogen-bond donors (Lipinski definition) is 3. The van der Waals surface area contributed by atoms with Gasteiger partial charge in [-0.2, -0.15) is 0 Å². The van der Waals surface area contributed by atoms with Crippen LogP contribution in [0.25, 0.3) is 10.6 Å². The molecule has 0 aliphatic rings. The summed E-state index contributed by atoms with van der Waals surface area (Å²) in [6, 6.07) is 10.4. The van der Waals surface area contributed by atoms with Crippen molar-refractivity contribution in [2.75, 3.05) is 5.32 Å². The molecular formula is C16H14ClN3O2S. The van der Waals surface area contributed by atoms with Gasteiger partial charge in [-0.3, -0.25) is 0 Å². The number of nitrogens with zero attached hydrogens (tertiary/aromatic N) is 2. The summed E-state index contributed by atoms with van der Waals surface area (Å²) in [5, 5.41) is 32.8. The fourth-order valence-corrected chi connectivity index (χ4v) is 3.10. The Balaban J connectivity index is 1.92. The molecule has 0 saturated carbocycles. The number of aryl methyl sites for hydroxylation is 1. The number of phenols is 2.